The van der Waals surface area contributed by atoms with Crippen LogP contribution in [-0.2, 0) is 9.53 Å². The molecular weight excluding hydrogens is 294 g/mol. The van der Waals surface area contributed by atoms with Crippen LogP contribution in [0.3, 0.4) is 0 Å². The van der Waals surface area contributed by atoms with Crippen LogP contribution in [0.4, 0.5) is 5.69 Å². The lowest BCUT2D eigenvalue weighted by atomic mass is 10.0. The Morgan fingerprint density at radius 2 is 1.57 bits per heavy atom. The minimum atomic E-state index is -0.824. The third-order valence-corrected chi connectivity index (χ3v) is 3.34. The van der Waals surface area contributed by atoms with Crippen LogP contribution in [0.5, 0.6) is 0 Å². The van der Waals surface area contributed by atoms with E-state index < -0.39 is 5.97 Å². The van der Waals surface area contributed by atoms with Crippen molar-refractivity contribution >= 4 is 23.3 Å². The minimum Gasteiger partial charge on any atom is -0.460 e. The van der Waals surface area contributed by atoms with E-state index in [1.807, 2.05) is 18.2 Å². The summed E-state index contributed by atoms with van der Waals surface area (Å²) in [7, 11) is 2.80. The van der Waals surface area contributed by atoms with Crippen molar-refractivity contribution in [2.24, 2.45) is 0 Å². The first-order chi connectivity index (χ1) is 11.1. The fraction of sp³-hybridized carbons (Fsp3) is 0.118. The van der Waals surface area contributed by atoms with Crippen LogP contribution in [0.25, 0.3) is 5.53 Å². The lowest BCUT2D eigenvalue weighted by Gasteiger charge is -2.18. The maximum absolute atomic E-state index is 12.7. The molecule has 0 fully saturated rings. The lowest BCUT2D eigenvalue weighted by molar-refractivity contribution is -0.137. The molecule has 0 N–H and O–H groups in total. The highest BCUT2D eigenvalue weighted by molar-refractivity contribution is 6.42. The number of nitrogens with zero attached hydrogens (tertiary/aromatic N) is 3. The van der Waals surface area contributed by atoms with Crippen LogP contribution in [-0.4, -0.2) is 36.5 Å². The van der Waals surface area contributed by atoms with Gasteiger partial charge < -0.3 is 15.2 Å². The smallest absolute Gasteiger partial charge is 0.422 e. The average molecular weight is 309 g/mol. The van der Waals surface area contributed by atoms with Gasteiger partial charge >= 0.3 is 11.7 Å². The number of methoxy groups -OCH3 is 1. The molecule has 2 aromatic rings. The Labute approximate surface area is 133 Å². The summed E-state index contributed by atoms with van der Waals surface area (Å²) in [6.45, 7) is 0. The number of amides is 1. The number of anilines is 1. The Morgan fingerprint density at radius 3 is 2.13 bits per heavy atom. The Hall–Kier alpha value is -3.24. The van der Waals surface area contributed by atoms with E-state index in [9.17, 15) is 9.59 Å². The topological polar surface area (TPSA) is 83.0 Å². The monoisotopic (exact) mass is 309 g/mol. The van der Waals surface area contributed by atoms with Crippen LogP contribution >= 0.6 is 0 Å². The summed E-state index contributed by atoms with van der Waals surface area (Å²) in [4.78, 5) is 28.9. The number of esters is 1. The van der Waals surface area contributed by atoms with Gasteiger partial charge in [0.25, 0.3) is 5.91 Å². The van der Waals surface area contributed by atoms with Crippen LogP contribution in [0.15, 0.2) is 54.6 Å². The number of hydrogen-bond acceptors (Lipinski definition) is 3. The zero-order chi connectivity index (χ0) is 16.8. The number of carbonyl (C=O) groups is 2. The molecule has 0 heterocycles. The molecule has 0 radical (unpaired) electrons. The maximum Gasteiger partial charge on any atom is 0.422 e. The highest BCUT2D eigenvalue weighted by atomic mass is 16.5. The van der Waals surface area contributed by atoms with E-state index >= 15 is 0 Å². The highest BCUT2D eigenvalue weighted by Gasteiger charge is 2.29. The predicted molar refractivity (Wildman–Crippen MR) is 85.4 cm³/mol. The van der Waals surface area contributed by atoms with Gasteiger partial charge in [-0.25, -0.2) is 4.79 Å². The standard InChI is InChI=1S/C17H15N3O3/c1-20(12-8-4-3-5-9-12)16(21)14-11-7-6-10-13(14)15(19-18)17(22)23-2/h3-11H,1-2H3. The van der Waals surface area contributed by atoms with Crippen molar-refractivity contribution in [3.8, 4) is 0 Å². The number of rotatable bonds is 4. The summed E-state index contributed by atoms with van der Waals surface area (Å²) in [5.41, 5.74) is 9.92. The summed E-state index contributed by atoms with van der Waals surface area (Å²) < 4.78 is 4.58. The molecular formula is C17H15N3O3. The van der Waals surface area contributed by atoms with Gasteiger partial charge in [-0.2, -0.15) is 4.79 Å². The van der Waals surface area contributed by atoms with Crippen molar-refractivity contribution in [2.75, 3.05) is 19.1 Å². The Bertz CT molecular complexity index is 781. The Morgan fingerprint density at radius 1 is 1.00 bits per heavy atom. The summed E-state index contributed by atoms with van der Waals surface area (Å²) in [5, 5.41) is 0. The summed E-state index contributed by atoms with van der Waals surface area (Å²) >= 11 is 0. The molecule has 0 aliphatic rings. The quantitative estimate of drug-likeness (QED) is 0.375. The molecule has 0 unspecified atom stereocenters. The third kappa shape index (κ3) is 3.33. The van der Waals surface area contributed by atoms with Gasteiger partial charge in [0.2, 0.25) is 0 Å². The minimum absolute atomic E-state index is 0.203. The fourth-order valence-electron chi connectivity index (χ4n) is 2.13. The molecule has 0 aliphatic carbocycles. The number of carbonyl (C=O) groups excluding carboxylic acids is 2. The molecule has 0 atom stereocenters. The van der Waals surface area contributed by atoms with E-state index in [0.29, 0.717) is 5.69 Å². The SMILES string of the molecule is COC(=O)C(=[N+]=[N-])c1ccccc1C(=O)N(C)c1ccccc1. The van der Waals surface area contributed by atoms with E-state index in [0.717, 1.165) is 0 Å². The second-order valence-electron chi connectivity index (χ2n) is 4.69. The van der Waals surface area contributed by atoms with Crippen molar-refractivity contribution in [1.29, 1.82) is 0 Å². The number of para-hydroxylation sites is 1. The van der Waals surface area contributed by atoms with Crippen LogP contribution in [0.2, 0.25) is 0 Å². The molecule has 23 heavy (non-hydrogen) atoms. The Kier molecular flexibility index (Phi) is 5.02. The second-order valence-corrected chi connectivity index (χ2v) is 4.69. The molecule has 0 aromatic heterocycles. The van der Waals surface area contributed by atoms with Gasteiger partial charge in [-0.15, -0.1) is 0 Å². The van der Waals surface area contributed by atoms with E-state index in [-0.39, 0.29) is 22.7 Å². The number of benzene rings is 2. The van der Waals surface area contributed by atoms with E-state index in [4.69, 9.17) is 5.53 Å². The van der Waals surface area contributed by atoms with Gasteiger partial charge in [0.1, 0.15) is 0 Å². The maximum atomic E-state index is 12.7. The van der Waals surface area contributed by atoms with E-state index in [1.165, 1.54) is 18.1 Å². The summed E-state index contributed by atoms with van der Waals surface area (Å²) in [5.74, 6) is -1.16. The van der Waals surface area contributed by atoms with Gasteiger partial charge in [0, 0.05) is 12.7 Å². The molecule has 0 aliphatic heterocycles. The van der Waals surface area contributed by atoms with Gasteiger partial charge in [-0.1, -0.05) is 30.3 Å². The van der Waals surface area contributed by atoms with Gasteiger partial charge in [0.05, 0.1) is 18.2 Å². The zero-order valence-corrected chi connectivity index (χ0v) is 12.8. The third-order valence-electron chi connectivity index (χ3n) is 3.34. The molecule has 2 aromatic carbocycles. The molecule has 2 rings (SSSR count). The average Bonchev–Trinajstić information content (AvgIpc) is 2.62. The molecule has 1 amide bonds. The summed E-state index contributed by atoms with van der Waals surface area (Å²) in [6, 6.07) is 15.5. The van der Waals surface area contributed by atoms with Crippen LogP contribution in [0, 0.1) is 0 Å². The second kappa shape index (κ2) is 7.15. The molecule has 0 saturated carbocycles. The number of hydrogen-bond donors (Lipinski definition) is 0. The zero-order valence-electron chi connectivity index (χ0n) is 12.8. The molecule has 116 valence electrons. The first kappa shape index (κ1) is 16.1. The van der Waals surface area contributed by atoms with E-state index in [1.54, 1.807) is 37.4 Å². The van der Waals surface area contributed by atoms with Gasteiger partial charge in [0.15, 0.2) is 0 Å². The Balaban J connectivity index is 2.47. The highest BCUT2D eigenvalue weighted by Crippen LogP contribution is 2.18. The fourth-order valence-corrected chi connectivity index (χ4v) is 2.13. The predicted octanol–water partition coefficient (Wildman–Crippen LogP) is 2.16. The molecule has 0 saturated heterocycles. The van der Waals surface area contributed by atoms with Gasteiger partial charge in [-0.3, -0.25) is 4.79 Å². The number of ether oxygens (including phenoxy) is 1. The molecule has 6 nitrogen and oxygen atoms in total. The molecule has 0 bridgehead atoms. The molecule has 0 spiro atoms. The normalized spacial score (nSPS) is 9.65. The summed E-state index contributed by atoms with van der Waals surface area (Å²) in [6.07, 6.45) is 0. The largest absolute Gasteiger partial charge is 0.460 e. The van der Waals surface area contributed by atoms with Crippen molar-refractivity contribution in [1.82, 2.24) is 0 Å². The van der Waals surface area contributed by atoms with E-state index in [2.05, 4.69) is 9.53 Å². The van der Waals surface area contributed by atoms with Crippen molar-refractivity contribution in [3.05, 3.63) is 71.3 Å². The van der Waals surface area contributed by atoms with Crippen molar-refractivity contribution in [2.45, 2.75) is 0 Å². The van der Waals surface area contributed by atoms with Crippen LogP contribution < -0.4 is 4.90 Å². The van der Waals surface area contributed by atoms with Crippen LogP contribution in [0.1, 0.15) is 15.9 Å². The lowest BCUT2D eigenvalue weighted by Crippen LogP contribution is -2.29. The van der Waals surface area contributed by atoms with Gasteiger partial charge in [-0.05, 0) is 24.3 Å². The van der Waals surface area contributed by atoms with Crippen molar-refractivity contribution in [3.63, 3.8) is 0 Å². The molecule has 6 heteroatoms. The van der Waals surface area contributed by atoms with Crippen molar-refractivity contribution < 1.29 is 19.1 Å². The first-order valence-electron chi connectivity index (χ1n) is 6.83. The first-order valence-corrected chi connectivity index (χ1v) is 6.83.